The lowest BCUT2D eigenvalue weighted by molar-refractivity contribution is 0.246. The first kappa shape index (κ1) is 19.3. The number of aryl methyl sites for hydroxylation is 1. The Hall–Kier alpha value is -3.06. The maximum Gasteiger partial charge on any atom is 0.319 e. The number of nitrogens with zero attached hydrogens (tertiary/aromatic N) is 3. The Morgan fingerprint density at radius 2 is 1.79 bits per heavy atom. The molecule has 2 aromatic carbocycles. The lowest BCUT2D eigenvalue weighted by atomic mass is 10.1. The number of benzene rings is 2. The van der Waals surface area contributed by atoms with E-state index in [4.69, 9.17) is 11.6 Å². The van der Waals surface area contributed by atoms with E-state index in [0.29, 0.717) is 29.6 Å². The molecule has 0 saturated carbocycles. The summed E-state index contributed by atoms with van der Waals surface area (Å²) in [5, 5.41) is 6.43. The Morgan fingerprint density at radius 1 is 1.10 bits per heavy atom. The summed E-state index contributed by atoms with van der Waals surface area (Å²) in [6, 6.07) is 14.4. The molecule has 2 amide bonds. The molecule has 8 heteroatoms. The van der Waals surface area contributed by atoms with Gasteiger partial charge in [0.1, 0.15) is 0 Å². The number of anilines is 2. The normalized spacial score (nSPS) is 14.8. The van der Waals surface area contributed by atoms with Crippen LogP contribution in [0.25, 0.3) is 11.0 Å². The molecule has 1 saturated heterocycles. The molecule has 29 heavy (non-hydrogen) atoms. The van der Waals surface area contributed by atoms with Crippen LogP contribution in [-0.2, 0) is 7.05 Å². The van der Waals surface area contributed by atoms with E-state index < -0.39 is 0 Å². The number of rotatable bonds is 3. The van der Waals surface area contributed by atoms with Crippen LogP contribution in [0.5, 0.6) is 0 Å². The maximum atomic E-state index is 12.7. The van der Waals surface area contributed by atoms with Crippen molar-refractivity contribution in [3.63, 3.8) is 0 Å². The quantitative estimate of drug-likeness (QED) is 0.692. The number of hydrogen-bond donors (Lipinski definition) is 2. The van der Waals surface area contributed by atoms with E-state index in [1.165, 1.54) is 0 Å². The summed E-state index contributed by atoms with van der Waals surface area (Å²) in [5.74, 6) is 0.468. The van der Waals surface area contributed by atoms with Gasteiger partial charge in [0.05, 0.1) is 11.0 Å². The van der Waals surface area contributed by atoms with Gasteiger partial charge in [-0.25, -0.2) is 9.78 Å². The van der Waals surface area contributed by atoms with Crippen molar-refractivity contribution in [1.82, 2.24) is 14.9 Å². The highest BCUT2D eigenvalue weighted by atomic mass is 35.5. The zero-order valence-electron chi connectivity index (χ0n) is 16.1. The highest BCUT2D eigenvalue weighted by Gasteiger charge is 2.24. The van der Waals surface area contributed by atoms with E-state index in [1.807, 2.05) is 29.2 Å². The van der Waals surface area contributed by atoms with Crippen LogP contribution in [-0.4, -0.2) is 34.7 Å². The number of para-hydroxylation sites is 2. The van der Waals surface area contributed by atoms with Gasteiger partial charge in [0.25, 0.3) is 5.56 Å². The number of halogens is 1. The van der Waals surface area contributed by atoms with E-state index in [2.05, 4.69) is 15.6 Å². The molecule has 1 aliphatic rings. The minimum Gasteiger partial charge on any atom is -0.352 e. The van der Waals surface area contributed by atoms with Crippen LogP contribution in [0.2, 0.25) is 5.02 Å². The number of fused-ring (bicyclic) bond motifs is 1. The van der Waals surface area contributed by atoms with Crippen molar-refractivity contribution in [3.8, 4) is 0 Å². The molecular formula is C21H22ClN5O2. The van der Waals surface area contributed by atoms with Gasteiger partial charge in [-0.2, -0.15) is 0 Å². The number of urea groups is 1. The Bertz CT molecular complexity index is 1090. The van der Waals surface area contributed by atoms with Crippen molar-refractivity contribution in [3.05, 3.63) is 63.9 Å². The standard InChI is InChI=1S/C21H22ClN5O2/c1-26-18-5-3-2-4-17(18)25-19(20(26)28)27-12-10-16(11-13-27)24-21(29)23-15-8-6-14(22)7-9-15/h2-9,16H,10-13H2,1H3,(H2,23,24,29). The summed E-state index contributed by atoms with van der Waals surface area (Å²) in [6.45, 7) is 1.32. The molecule has 1 aromatic heterocycles. The summed E-state index contributed by atoms with van der Waals surface area (Å²) in [5.41, 5.74) is 2.20. The molecule has 150 valence electrons. The van der Waals surface area contributed by atoms with Gasteiger partial charge >= 0.3 is 6.03 Å². The fraction of sp³-hybridized carbons (Fsp3) is 0.286. The van der Waals surface area contributed by atoms with E-state index in [9.17, 15) is 9.59 Å². The van der Waals surface area contributed by atoms with Crippen LogP contribution in [0.15, 0.2) is 53.3 Å². The van der Waals surface area contributed by atoms with Gasteiger partial charge in [-0.1, -0.05) is 23.7 Å². The molecule has 1 aliphatic heterocycles. The van der Waals surface area contributed by atoms with Gasteiger partial charge in [0.15, 0.2) is 5.82 Å². The molecule has 0 radical (unpaired) electrons. The lowest BCUT2D eigenvalue weighted by Gasteiger charge is -2.33. The number of carbonyl (C=O) groups is 1. The van der Waals surface area contributed by atoms with Crippen LogP contribution in [0.3, 0.4) is 0 Å². The van der Waals surface area contributed by atoms with Gasteiger partial charge in [0.2, 0.25) is 0 Å². The second kappa shape index (κ2) is 8.13. The molecule has 7 nitrogen and oxygen atoms in total. The van der Waals surface area contributed by atoms with Gasteiger partial charge in [-0.05, 0) is 49.2 Å². The average molecular weight is 412 g/mol. The minimum absolute atomic E-state index is 0.0443. The van der Waals surface area contributed by atoms with E-state index in [1.54, 1.807) is 35.9 Å². The minimum atomic E-state index is -0.245. The second-order valence-electron chi connectivity index (χ2n) is 7.15. The van der Waals surface area contributed by atoms with Crippen molar-refractivity contribution in [2.45, 2.75) is 18.9 Å². The van der Waals surface area contributed by atoms with Gasteiger partial charge in [-0.15, -0.1) is 0 Å². The zero-order chi connectivity index (χ0) is 20.4. The molecule has 2 heterocycles. The fourth-order valence-corrected chi connectivity index (χ4v) is 3.72. The molecule has 0 unspecified atom stereocenters. The summed E-state index contributed by atoms with van der Waals surface area (Å²) in [4.78, 5) is 31.6. The largest absolute Gasteiger partial charge is 0.352 e. The van der Waals surface area contributed by atoms with Gasteiger partial charge < -0.3 is 20.1 Å². The summed E-state index contributed by atoms with van der Waals surface area (Å²) < 4.78 is 1.64. The Morgan fingerprint density at radius 3 is 2.52 bits per heavy atom. The number of aromatic nitrogens is 2. The molecule has 0 bridgehead atoms. The summed E-state index contributed by atoms with van der Waals surface area (Å²) in [7, 11) is 1.77. The Kier molecular flexibility index (Phi) is 5.40. The first-order valence-electron chi connectivity index (χ1n) is 9.55. The van der Waals surface area contributed by atoms with E-state index in [-0.39, 0.29) is 17.6 Å². The highest BCUT2D eigenvalue weighted by molar-refractivity contribution is 6.30. The van der Waals surface area contributed by atoms with Crippen molar-refractivity contribution in [2.24, 2.45) is 7.05 Å². The van der Waals surface area contributed by atoms with Crippen molar-refractivity contribution < 1.29 is 4.79 Å². The number of hydrogen-bond acceptors (Lipinski definition) is 4. The number of carbonyl (C=O) groups excluding carboxylic acids is 1. The predicted molar refractivity (Wildman–Crippen MR) is 116 cm³/mol. The van der Waals surface area contributed by atoms with Crippen LogP contribution >= 0.6 is 11.6 Å². The third-order valence-electron chi connectivity index (χ3n) is 5.20. The van der Waals surface area contributed by atoms with Crippen LogP contribution < -0.4 is 21.1 Å². The number of nitrogens with one attached hydrogen (secondary N) is 2. The highest BCUT2D eigenvalue weighted by Crippen LogP contribution is 2.18. The van der Waals surface area contributed by atoms with Crippen LogP contribution in [0.4, 0.5) is 16.3 Å². The lowest BCUT2D eigenvalue weighted by Crippen LogP contribution is -2.47. The smallest absolute Gasteiger partial charge is 0.319 e. The Balaban J connectivity index is 1.39. The summed E-state index contributed by atoms with van der Waals surface area (Å²) >= 11 is 5.86. The predicted octanol–water partition coefficient (Wildman–Crippen LogP) is 3.38. The van der Waals surface area contributed by atoms with Crippen molar-refractivity contribution in [2.75, 3.05) is 23.3 Å². The molecule has 0 spiro atoms. The fourth-order valence-electron chi connectivity index (χ4n) is 3.59. The monoisotopic (exact) mass is 411 g/mol. The maximum absolute atomic E-state index is 12.7. The van der Waals surface area contributed by atoms with Crippen molar-refractivity contribution >= 4 is 40.2 Å². The molecule has 4 rings (SSSR count). The van der Waals surface area contributed by atoms with Crippen LogP contribution in [0.1, 0.15) is 12.8 Å². The first-order chi connectivity index (χ1) is 14.0. The molecular weight excluding hydrogens is 390 g/mol. The molecule has 3 aromatic rings. The molecule has 2 N–H and O–H groups in total. The summed E-state index contributed by atoms with van der Waals surface area (Å²) in [6.07, 6.45) is 1.48. The van der Waals surface area contributed by atoms with Crippen LogP contribution in [0, 0.1) is 0 Å². The SMILES string of the molecule is Cn1c(=O)c(N2CCC(NC(=O)Nc3ccc(Cl)cc3)CC2)nc2ccccc21. The van der Waals surface area contributed by atoms with E-state index in [0.717, 1.165) is 23.9 Å². The van der Waals surface area contributed by atoms with E-state index >= 15 is 0 Å². The second-order valence-corrected chi connectivity index (χ2v) is 7.59. The molecule has 1 fully saturated rings. The number of piperidine rings is 1. The third kappa shape index (κ3) is 4.19. The first-order valence-corrected chi connectivity index (χ1v) is 9.93. The molecule has 0 atom stereocenters. The van der Waals surface area contributed by atoms with Gasteiger partial charge in [-0.3, -0.25) is 4.79 Å². The van der Waals surface area contributed by atoms with Gasteiger partial charge in [0, 0.05) is 36.9 Å². The molecule has 0 aliphatic carbocycles. The third-order valence-corrected chi connectivity index (χ3v) is 5.45. The Labute approximate surface area is 173 Å². The zero-order valence-corrected chi connectivity index (χ0v) is 16.8. The van der Waals surface area contributed by atoms with Crippen molar-refractivity contribution in [1.29, 1.82) is 0 Å². The average Bonchev–Trinajstić information content (AvgIpc) is 2.73. The number of amides is 2. The topological polar surface area (TPSA) is 79.3 Å².